The third-order valence-corrected chi connectivity index (χ3v) is 2.84. The molecule has 1 aromatic carbocycles. The van der Waals surface area contributed by atoms with Crippen LogP contribution < -0.4 is 5.32 Å². The summed E-state index contributed by atoms with van der Waals surface area (Å²) in [6.07, 6.45) is 2.31. The van der Waals surface area contributed by atoms with E-state index in [2.05, 4.69) is 15.4 Å². The zero-order chi connectivity index (χ0) is 13.8. The number of nitrogens with one attached hydrogen (secondary N) is 1. The molecule has 0 fully saturated rings. The van der Waals surface area contributed by atoms with E-state index in [-0.39, 0.29) is 5.56 Å². The molecule has 1 heterocycles. The van der Waals surface area contributed by atoms with E-state index in [1.807, 2.05) is 7.05 Å². The molecule has 0 amide bonds. The molecule has 2 N–H and O–H groups in total. The Hall–Kier alpha value is -2.08. The van der Waals surface area contributed by atoms with E-state index >= 15 is 0 Å². The van der Waals surface area contributed by atoms with Crippen molar-refractivity contribution in [3.8, 4) is 0 Å². The average molecular weight is 281 g/mol. The number of halogens is 1. The van der Waals surface area contributed by atoms with Gasteiger partial charge in [0.15, 0.2) is 5.82 Å². The van der Waals surface area contributed by atoms with Crippen LogP contribution in [0.3, 0.4) is 0 Å². The van der Waals surface area contributed by atoms with Gasteiger partial charge in [-0.3, -0.25) is 4.68 Å². The number of benzene rings is 1. The Morgan fingerprint density at radius 3 is 2.89 bits per heavy atom. The van der Waals surface area contributed by atoms with Gasteiger partial charge in [0.1, 0.15) is 6.33 Å². The number of anilines is 1. The second-order valence-electron chi connectivity index (χ2n) is 4.01. The highest BCUT2D eigenvalue weighted by Gasteiger charge is 2.07. The summed E-state index contributed by atoms with van der Waals surface area (Å²) in [5.41, 5.74) is 0.865. The summed E-state index contributed by atoms with van der Waals surface area (Å²) in [6, 6.07) is 4.58. The van der Waals surface area contributed by atoms with Gasteiger partial charge in [-0.2, -0.15) is 5.10 Å². The molecular weight excluding hydrogens is 268 g/mol. The maximum Gasteiger partial charge on any atom is 0.335 e. The normalized spacial score (nSPS) is 10.4. The second-order valence-corrected chi connectivity index (χ2v) is 4.42. The summed E-state index contributed by atoms with van der Waals surface area (Å²) in [4.78, 5) is 14.9. The topological polar surface area (TPSA) is 80.0 Å². The molecule has 0 aliphatic rings. The highest BCUT2D eigenvalue weighted by molar-refractivity contribution is 6.33. The first kappa shape index (κ1) is 13.4. The molecule has 7 heteroatoms. The van der Waals surface area contributed by atoms with E-state index in [4.69, 9.17) is 16.7 Å². The van der Waals surface area contributed by atoms with E-state index in [9.17, 15) is 4.79 Å². The summed E-state index contributed by atoms with van der Waals surface area (Å²) in [5, 5.41) is 16.5. The molecule has 100 valence electrons. The third kappa shape index (κ3) is 3.45. The van der Waals surface area contributed by atoms with Crippen molar-refractivity contribution in [2.24, 2.45) is 7.05 Å². The Morgan fingerprint density at radius 1 is 1.53 bits per heavy atom. The highest BCUT2D eigenvalue weighted by Crippen LogP contribution is 2.22. The predicted octanol–water partition coefficient (Wildman–Crippen LogP) is 1.82. The Morgan fingerprint density at radius 2 is 2.32 bits per heavy atom. The quantitative estimate of drug-likeness (QED) is 0.873. The van der Waals surface area contributed by atoms with Crippen molar-refractivity contribution in [2.75, 3.05) is 11.9 Å². The van der Waals surface area contributed by atoms with Crippen LogP contribution in [0.25, 0.3) is 0 Å². The van der Waals surface area contributed by atoms with E-state index in [1.165, 1.54) is 12.1 Å². The molecule has 0 bridgehead atoms. The Balaban J connectivity index is 1.94. The van der Waals surface area contributed by atoms with Crippen molar-refractivity contribution < 1.29 is 9.90 Å². The van der Waals surface area contributed by atoms with Crippen molar-refractivity contribution in [3.63, 3.8) is 0 Å². The number of carboxylic acids is 1. The van der Waals surface area contributed by atoms with E-state index in [0.717, 1.165) is 5.82 Å². The predicted molar refractivity (Wildman–Crippen MR) is 71.6 cm³/mol. The molecule has 19 heavy (non-hydrogen) atoms. The lowest BCUT2D eigenvalue weighted by atomic mass is 10.2. The fourth-order valence-electron chi connectivity index (χ4n) is 1.60. The number of rotatable bonds is 5. The molecule has 0 saturated heterocycles. The first-order valence-electron chi connectivity index (χ1n) is 5.67. The average Bonchev–Trinajstić information content (AvgIpc) is 2.77. The largest absolute Gasteiger partial charge is 0.478 e. The molecule has 0 unspecified atom stereocenters. The highest BCUT2D eigenvalue weighted by atomic mass is 35.5. The summed E-state index contributed by atoms with van der Waals surface area (Å²) >= 11 is 6.00. The first-order chi connectivity index (χ1) is 9.06. The minimum absolute atomic E-state index is 0.168. The maximum absolute atomic E-state index is 10.8. The minimum Gasteiger partial charge on any atom is -0.478 e. The number of aromatic carboxylic acids is 1. The molecule has 6 nitrogen and oxygen atoms in total. The van der Waals surface area contributed by atoms with Crippen molar-refractivity contribution in [1.29, 1.82) is 0 Å². The van der Waals surface area contributed by atoms with Crippen LogP contribution >= 0.6 is 11.6 Å². The van der Waals surface area contributed by atoms with Crippen molar-refractivity contribution in [3.05, 3.63) is 40.9 Å². The molecule has 0 spiro atoms. The lowest BCUT2D eigenvalue weighted by Gasteiger charge is -2.07. The zero-order valence-corrected chi connectivity index (χ0v) is 11.1. The van der Waals surface area contributed by atoms with Gasteiger partial charge < -0.3 is 10.4 Å². The van der Waals surface area contributed by atoms with Crippen LogP contribution in [0.15, 0.2) is 24.5 Å². The van der Waals surface area contributed by atoms with E-state index < -0.39 is 5.97 Å². The van der Waals surface area contributed by atoms with Gasteiger partial charge in [0.25, 0.3) is 0 Å². The van der Waals surface area contributed by atoms with Gasteiger partial charge in [-0.05, 0) is 18.2 Å². The van der Waals surface area contributed by atoms with Gasteiger partial charge in [0.05, 0.1) is 16.3 Å². The van der Waals surface area contributed by atoms with Crippen LogP contribution in [0, 0.1) is 0 Å². The van der Waals surface area contributed by atoms with Crippen molar-refractivity contribution in [2.45, 2.75) is 6.42 Å². The van der Waals surface area contributed by atoms with Crippen molar-refractivity contribution in [1.82, 2.24) is 14.8 Å². The Kier molecular flexibility index (Phi) is 4.01. The SMILES string of the molecule is Cn1cnc(CCNc2ccc(C(=O)O)cc2Cl)n1. The summed E-state index contributed by atoms with van der Waals surface area (Å²) in [6.45, 7) is 0.621. The van der Waals surface area contributed by atoms with Crippen LogP contribution in [0.1, 0.15) is 16.2 Å². The molecular formula is C12H13ClN4O2. The van der Waals surface area contributed by atoms with Crippen LogP contribution in [-0.4, -0.2) is 32.4 Å². The Bertz CT molecular complexity index is 597. The summed E-state index contributed by atoms with van der Waals surface area (Å²) in [7, 11) is 1.81. The minimum atomic E-state index is -0.994. The van der Waals surface area contributed by atoms with Gasteiger partial charge >= 0.3 is 5.97 Å². The molecule has 0 saturated carbocycles. The number of carbonyl (C=O) groups is 1. The number of carboxylic acid groups (broad SMARTS) is 1. The number of aryl methyl sites for hydroxylation is 1. The van der Waals surface area contributed by atoms with Gasteiger partial charge in [-0.1, -0.05) is 11.6 Å². The van der Waals surface area contributed by atoms with Gasteiger partial charge in [-0.25, -0.2) is 9.78 Å². The number of hydrogen-bond donors (Lipinski definition) is 2. The summed E-state index contributed by atoms with van der Waals surface area (Å²) in [5.74, 6) is -0.251. The molecule has 2 rings (SSSR count). The number of aromatic nitrogens is 3. The van der Waals surface area contributed by atoms with Crippen LogP contribution in [0.2, 0.25) is 5.02 Å². The molecule has 0 aliphatic heterocycles. The standard InChI is InChI=1S/C12H13ClN4O2/c1-17-7-15-11(16-17)4-5-14-10-3-2-8(12(18)19)6-9(10)13/h2-3,6-7,14H,4-5H2,1H3,(H,18,19). The van der Waals surface area contributed by atoms with Gasteiger partial charge in [-0.15, -0.1) is 0 Å². The van der Waals surface area contributed by atoms with Crippen LogP contribution in [0.4, 0.5) is 5.69 Å². The van der Waals surface area contributed by atoms with E-state index in [1.54, 1.807) is 17.1 Å². The van der Waals surface area contributed by atoms with Gasteiger partial charge in [0.2, 0.25) is 0 Å². The monoisotopic (exact) mass is 280 g/mol. The molecule has 0 aliphatic carbocycles. The second kappa shape index (κ2) is 5.71. The molecule has 1 aromatic heterocycles. The van der Waals surface area contributed by atoms with Crippen LogP contribution in [0.5, 0.6) is 0 Å². The number of hydrogen-bond acceptors (Lipinski definition) is 4. The van der Waals surface area contributed by atoms with Gasteiger partial charge in [0, 0.05) is 20.0 Å². The lowest BCUT2D eigenvalue weighted by molar-refractivity contribution is 0.0697. The fourth-order valence-corrected chi connectivity index (χ4v) is 1.85. The molecule has 2 aromatic rings. The third-order valence-electron chi connectivity index (χ3n) is 2.53. The van der Waals surface area contributed by atoms with Crippen molar-refractivity contribution >= 4 is 23.3 Å². The van der Waals surface area contributed by atoms with E-state index in [0.29, 0.717) is 23.7 Å². The maximum atomic E-state index is 10.8. The van der Waals surface area contributed by atoms with Crippen LogP contribution in [-0.2, 0) is 13.5 Å². The lowest BCUT2D eigenvalue weighted by Crippen LogP contribution is -2.07. The Labute approximate surface area is 115 Å². The molecule has 0 radical (unpaired) electrons. The number of nitrogens with zero attached hydrogens (tertiary/aromatic N) is 3. The summed E-state index contributed by atoms with van der Waals surface area (Å²) < 4.78 is 1.64. The molecule has 0 atom stereocenters. The smallest absolute Gasteiger partial charge is 0.335 e. The fraction of sp³-hybridized carbons (Fsp3) is 0.250. The zero-order valence-electron chi connectivity index (χ0n) is 10.3. The first-order valence-corrected chi connectivity index (χ1v) is 6.05.